The van der Waals surface area contributed by atoms with Crippen molar-refractivity contribution in [3.8, 4) is 0 Å². The molecule has 0 saturated heterocycles. The van der Waals surface area contributed by atoms with Crippen LogP contribution in [0.15, 0.2) is 85.1 Å². The summed E-state index contributed by atoms with van der Waals surface area (Å²) in [6, 6.07) is 0. The Morgan fingerprint density at radius 2 is 1.67 bits per heavy atom. The van der Waals surface area contributed by atoms with Crippen LogP contribution in [0.2, 0.25) is 0 Å². The van der Waals surface area contributed by atoms with Crippen LogP contribution in [-0.4, -0.2) is 56.9 Å². The third-order valence-corrected chi connectivity index (χ3v) is 6.45. The van der Waals surface area contributed by atoms with Gasteiger partial charge in [-0.2, -0.15) is 0 Å². The Kier molecular flexibility index (Phi) is 18.1. The molecule has 7 unspecified atom stereocenters. The molecule has 0 radical (unpaired) electrons. The maximum Gasteiger partial charge on any atom is 0.309 e. The second-order valence-corrected chi connectivity index (χ2v) is 10.6. The average molecular weight is 543 g/mol. The number of aliphatic hydroxyl groups excluding tert-OH is 4. The molecule has 7 atom stereocenters. The van der Waals surface area contributed by atoms with Gasteiger partial charge in [0, 0.05) is 12.3 Å². The van der Waals surface area contributed by atoms with Crippen LogP contribution >= 0.6 is 0 Å². The highest BCUT2D eigenvalue weighted by Gasteiger charge is 2.21. The van der Waals surface area contributed by atoms with Crippen LogP contribution in [0.1, 0.15) is 72.1 Å². The summed E-state index contributed by atoms with van der Waals surface area (Å²) in [5, 5.41) is 41.2. The molecule has 4 N–H and O–H groups in total. The normalized spacial score (nSPS) is 34.1. The quantitative estimate of drug-likeness (QED) is 0.203. The number of allylic oxidation sites excluding steroid dienone is 8. The van der Waals surface area contributed by atoms with Gasteiger partial charge in [-0.05, 0) is 57.4 Å². The third-order valence-electron chi connectivity index (χ3n) is 6.45. The van der Waals surface area contributed by atoms with Gasteiger partial charge in [-0.1, -0.05) is 86.3 Å². The van der Waals surface area contributed by atoms with Gasteiger partial charge in [0.25, 0.3) is 0 Å². The van der Waals surface area contributed by atoms with Crippen molar-refractivity contribution in [2.45, 2.75) is 103 Å². The van der Waals surface area contributed by atoms with Crippen molar-refractivity contribution in [3.05, 3.63) is 85.1 Å². The van der Waals surface area contributed by atoms with Crippen molar-refractivity contribution in [2.75, 3.05) is 0 Å². The fourth-order valence-corrected chi connectivity index (χ4v) is 4.29. The lowest BCUT2D eigenvalue weighted by Gasteiger charge is -2.20. The molecule has 0 aromatic carbocycles. The summed E-state index contributed by atoms with van der Waals surface area (Å²) < 4.78 is 5.73. The van der Waals surface area contributed by atoms with Gasteiger partial charge >= 0.3 is 5.97 Å². The largest absolute Gasteiger partial charge is 0.457 e. The van der Waals surface area contributed by atoms with E-state index < -0.39 is 36.5 Å². The molecule has 1 aliphatic rings. The highest BCUT2D eigenvalue weighted by Crippen LogP contribution is 2.18. The van der Waals surface area contributed by atoms with Crippen molar-refractivity contribution in [1.82, 2.24) is 0 Å². The number of hydrogen-bond donors (Lipinski definition) is 4. The van der Waals surface area contributed by atoms with E-state index in [4.69, 9.17) is 4.74 Å². The lowest BCUT2D eigenvalue weighted by molar-refractivity contribution is -0.150. The first-order chi connectivity index (χ1) is 18.6. The second kappa shape index (κ2) is 20.4. The zero-order valence-electron chi connectivity index (χ0n) is 23.9. The van der Waals surface area contributed by atoms with Gasteiger partial charge in [-0.25, -0.2) is 0 Å². The smallest absolute Gasteiger partial charge is 0.309 e. The number of rotatable bonds is 5. The predicted octanol–water partition coefficient (Wildman–Crippen LogP) is 5.66. The Morgan fingerprint density at radius 3 is 2.36 bits per heavy atom. The summed E-state index contributed by atoms with van der Waals surface area (Å²) >= 11 is 0. The van der Waals surface area contributed by atoms with E-state index in [0.29, 0.717) is 32.1 Å². The summed E-state index contributed by atoms with van der Waals surface area (Å²) in [6.07, 6.45) is 22.4. The van der Waals surface area contributed by atoms with Crippen LogP contribution in [0.3, 0.4) is 0 Å². The predicted molar refractivity (Wildman–Crippen MR) is 159 cm³/mol. The number of carbonyl (C=O) groups is 1. The molecule has 39 heavy (non-hydrogen) atoms. The van der Waals surface area contributed by atoms with Crippen molar-refractivity contribution in [3.63, 3.8) is 0 Å². The lowest BCUT2D eigenvalue weighted by Crippen LogP contribution is -2.26. The van der Waals surface area contributed by atoms with Crippen molar-refractivity contribution < 1.29 is 30.0 Å². The molecule has 0 aliphatic carbocycles. The van der Waals surface area contributed by atoms with Crippen LogP contribution in [0.5, 0.6) is 0 Å². The monoisotopic (exact) mass is 542 g/mol. The number of carbonyl (C=O) groups excluding carboxylic acids is 1. The van der Waals surface area contributed by atoms with E-state index in [2.05, 4.69) is 6.58 Å². The van der Waals surface area contributed by atoms with E-state index in [0.717, 1.165) is 12.0 Å². The van der Waals surface area contributed by atoms with Crippen LogP contribution in [0, 0.1) is 11.8 Å². The van der Waals surface area contributed by atoms with Crippen molar-refractivity contribution in [1.29, 1.82) is 0 Å². The molecule has 1 rings (SSSR count). The van der Waals surface area contributed by atoms with Gasteiger partial charge in [0.1, 0.15) is 6.10 Å². The minimum absolute atomic E-state index is 0.00846. The fourth-order valence-electron chi connectivity index (χ4n) is 4.29. The van der Waals surface area contributed by atoms with Crippen LogP contribution in [0.4, 0.5) is 0 Å². The Morgan fingerprint density at radius 1 is 0.974 bits per heavy atom. The van der Waals surface area contributed by atoms with Gasteiger partial charge in [-0.15, -0.1) is 6.58 Å². The molecular formula is C33H50O6. The Labute approximate surface area is 235 Å². The lowest BCUT2D eigenvalue weighted by atomic mass is 9.94. The van der Waals surface area contributed by atoms with Gasteiger partial charge < -0.3 is 25.2 Å². The van der Waals surface area contributed by atoms with E-state index >= 15 is 0 Å². The number of cyclic esters (lactones) is 1. The Balaban J connectivity index is 3.02. The molecule has 0 saturated carbocycles. The van der Waals surface area contributed by atoms with Crippen molar-refractivity contribution in [2.24, 2.45) is 11.8 Å². The van der Waals surface area contributed by atoms with E-state index in [1.807, 2.05) is 81.5 Å². The minimum atomic E-state index is -1.06. The zero-order valence-corrected chi connectivity index (χ0v) is 23.9. The molecule has 0 aromatic rings. The Bertz CT molecular complexity index is 881. The molecule has 0 bridgehead atoms. The summed E-state index contributed by atoms with van der Waals surface area (Å²) in [7, 11) is 0. The summed E-state index contributed by atoms with van der Waals surface area (Å²) in [4.78, 5) is 12.7. The number of hydrogen-bond acceptors (Lipinski definition) is 6. The van der Waals surface area contributed by atoms with Crippen LogP contribution in [-0.2, 0) is 9.53 Å². The summed E-state index contributed by atoms with van der Waals surface area (Å²) in [6.45, 7) is 9.63. The maximum absolute atomic E-state index is 12.7. The Hall–Kier alpha value is -2.51. The van der Waals surface area contributed by atoms with Gasteiger partial charge in [0.2, 0.25) is 0 Å². The third kappa shape index (κ3) is 17.6. The summed E-state index contributed by atoms with van der Waals surface area (Å²) in [5.41, 5.74) is 0.997. The first-order valence-corrected chi connectivity index (χ1v) is 14.1. The van der Waals surface area contributed by atoms with Gasteiger partial charge in [0.05, 0.1) is 30.8 Å². The first-order valence-electron chi connectivity index (χ1n) is 14.1. The number of ether oxygens (including phenoxy) is 1. The van der Waals surface area contributed by atoms with Crippen LogP contribution in [0.25, 0.3) is 0 Å². The first kappa shape index (κ1) is 34.5. The van der Waals surface area contributed by atoms with E-state index in [1.165, 1.54) is 6.08 Å². The molecule has 1 heterocycles. The topological polar surface area (TPSA) is 107 Å². The number of esters is 1. The second-order valence-electron chi connectivity index (χ2n) is 10.6. The van der Waals surface area contributed by atoms with Gasteiger partial charge in [0.15, 0.2) is 0 Å². The molecule has 0 spiro atoms. The molecule has 1 aliphatic heterocycles. The SMILES string of the molecule is C=CC\C=C/C=C(C)/C=C/C1OC(=O)CC(O)CC(O)/C=C/CC(O)CC(C)CC(O)C/C=C/C/C=C\C1C. The zero-order chi connectivity index (χ0) is 29.0. The minimum Gasteiger partial charge on any atom is -0.457 e. The summed E-state index contributed by atoms with van der Waals surface area (Å²) in [5.74, 6) is -0.495. The number of aliphatic hydroxyl groups is 4. The molecule has 6 heteroatoms. The standard InChI is InChI=1S/C33H50O6/c1-5-6-7-10-14-25(2)19-20-32-27(4)15-11-8-9-12-16-28(34)21-26(3)22-29(35)17-13-18-30(36)23-31(37)24-33(38)39-32/h5,7,9-15,18-20,26-32,34-37H,1,6,8,16-17,21-24H2,2-4H3/b10-7-,12-9+,15-11-,18-13+,20-19+,25-14+. The van der Waals surface area contributed by atoms with Gasteiger partial charge in [-0.3, -0.25) is 4.79 Å². The highest BCUT2D eigenvalue weighted by atomic mass is 16.5. The molecule has 0 amide bonds. The maximum atomic E-state index is 12.7. The molecular weight excluding hydrogens is 492 g/mol. The molecule has 218 valence electrons. The molecule has 6 nitrogen and oxygen atoms in total. The van der Waals surface area contributed by atoms with Crippen LogP contribution < -0.4 is 0 Å². The van der Waals surface area contributed by atoms with Crippen molar-refractivity contribution >= 4 is 5.97 Å². The molecule has 0 fully saturated rings. The van der Waals surface area contributed by atoms with E-state index in [-0.39, 0.29) is 24.7 Å². The highest BCUT2D eigenvalue weighted by molar-refractivity contribution is 5.70. The molecule has 0 aromatic heterocycles. The fraction of sp³-hybridized carbons (Fsp3) is 0.545. The van der Waals surface area contributed by atoms with E-state index in [1.54, 1.807) is 6.08 Å². The average Bonchev–Trinajstić information content (AvgIpc) is 2.85. The van der Waals surface area contributed by atoms with E-state index in [9.17, 15) is 25.2 Å².